The van der Waals surface area contributed by atoms with Crippen molar-refractivity contribution < 1.29 is 18.7 Å². The number of ether oxygens (including phenoxy) is 2. The van der Waals surface area contributed by atoms with Gasteiger partial charge in [0, 0.05) is 23.7 Å². The molecule has 4 rings (SSSR count). The predicted octanol–water partition coefficient (Wildman–Crippen LogP) is 1.49. The van der Waals surface area contributed by atoms with Crippen molar-refractivity contribution >= 4 is 5.91 Å². The van der Waals surface area contributed by atoms with Crippen molar-refractivity contribution in [2.45, 2.75) is 37.4 Å². The molecule has 2 aromatic rings. The minimum absolute atomic E-state index is 0.0166. The van der Waals surface area contributed by atoms with Crippen LogP contribution < -0.4 is 20.1 Å². The van der Waals surface area contributed by atoms with Crippen LogP contribution in [-0.4, -0.2) is 41.3 Å². The van der Waals surface area contributed by atoms with Crippen molar-refractivity contribution in [3.05, 3.63) is 29.8 Å². The number of hydrogen-bond donors (Lipinski definition) is 2. The average Bonchev–Trinajstić information content (AvgIpc) is 3.32. The number of methoxy groups -OCH3 is 1. The van der Waals surface area contributed by atoms with Crippen LogP contribution in [0.5, 0.6) is 17.9 Å². The highest BCUT2D eigenvalue weighted by Gasteiger charge is 2.39. The second-order valence-electron chi connectivity index (χ2n) is 6.03. The quantitative estimate of drug-likeness (QED) is 0.857. The maximum atomic E-state index is 12.4. The molecule has 1 amide bonds. The summed E-state index contributed by atoms with van der Waals surface area (Å²) in [5, 5.41) is 13.9. The molecule has 3 heterocycles. The van der Waals surface area contributed by atoms with Gasteiger partial charge in [0.15, 0.2) is 0 Å². The third kappa shape index (κ3) is 2.92. The van der Waals surface area contributed by atoms with E-state index in [0.29, 0.717) is 23.4 Å². The van der Waals surface area contributed by atoms with Crippen molar-refractivity contribution in [3.8, 4) is 17.9 Å². The first-order chi connectivity index (χ1) is 11.7. The van der Waals surface area contributed by atoms with E-state index in [1.165, 1.54) is 13.5 Å². The first kappa shape index (κ1) is 14.9. The van der Waals surface area contributed by atoms with Crippen LogP contribution in [0.25, 0.3) is 0 Å². The molecule has 0 saturated carbocycles. The summed E-state index contributed by atoms with van der Waals surface area (Å²) in [6, 6.07) is 7.97. The van der Waals surface area contributed by atoms with Crippen molar-refractivity contribution in [2.24, 2.45) is 0 Å². The highest BCUT2D eigenvalue weighted by molar-refractivity contribution is 5.94. The number of nitrogens with zero attached hydrogens (tertiary/aromatic N) is 2. The van der Waals surface area contributed by atoms with Crippen molar-refractivity contribution in [3.63, 3.8) is 0 Å². The van der Waals surface area contributed by atoms with Gasteiger partial charge >= 0.3 is 12.2 Å². The van der Waals surface area contributed by atoms with Crippen LogP contribution in [0.3, 0.4) is 0 Å². The van der Waals surface area contributed by atoms with E-state index in [2.05, 4.69) is 20.8 Å². The zero-order valence-electron chi connectivity index (χ0n) is 13.2. The molecule has 0 spiro atoms. The van der Waals surface area contributed by atoms with Crippen molar-refractivity contribution in [1.29, 1.82) is 0 Å². The molecular weight excluding hydrogens is 312 g/mol. The van der Waals surface area contributed by atoms with Gasteiger partial charge in [-0.15, -0.1) is 0 Å². The Morgan fingerprint density at radius 3 is 2.67 bits per heavy atom. The Balaban J connectivity index is 1.37. The van der Waals surface area contributed by atoms with E-state index in [1.54, 1.807) is 24.3 Å². The second-order valence-corrected chi connectivity index (χ2v) is 6.03. The van der Waals surface area contributed by atoms with Crippen LogP contribution in [0.2, 0.25) is 0 Å². The van der Waals surface area contributed by atoms with Crippen LogP contribution in [0.1, 0.15) is 29.6 Å². The number of rotatable bonds is 5. The molecule has 2 fully saturated rings. The summed E-state index contributed by atoms with van der Waals surface area (Å²) in [7, 11) is 1.43. The maximum absolute atomic E-state index is 12.4. The molecule has 0 unspecified atom stereocenters. The smallest absolute Gasteiger partial charge is 0.422 e. The SMILES string of the molecule is COc1nnc(Oc2ccc(C(=O)N[C@@H]3C[C@H]4CC[C@@H]3N4)cc2)o1. The summed E-state index contributed by atoms with van der Waals surface area (Å²) >= 11 is 0. The van der Waals surface area contributed by atoms with Gasteiger partial charge in [0.2, 0.25) is 0 Å². The minimum Gasteiger partial charge on any atom is -0.452 e. The third-order valence-corrected chi connectivity index (χ3v) is 4.50. The van der Waals surface area contributed by atoms with Gasteiger partial charge in [-0.25, -0.2) is 0 Å². The Hall–Kier alpha value is -2.61. The molecule has 2 bridgehead atoms. The first-order valence-electron chi connectivity index (χ1n) is 7.93. The van der Waals surface area contributed by atoms with Crippen molar-refractivity contribution in [2.75, 3.05) is 7.11 Å². The topological polar surface area (TPSA) is 98.5 Å². The van der Waals surface area contributed by atoms with Crippen LogP contribution in [0.15, 0.2) is 28.7 Å². The molecule has 0 aliphatic carbocycles. The van der Waals surface area contributed by atoms with E-state index in [0.717, 1.165) is 12.8 Å². The number of carbonyl (C=O) groups is 1. The maximum Gasteiger partial charge on any atom is 0.422 e. The monoisotopic (exact) mass is 330 g/mol. The van der Waals surface area contributed by atoms with Crippen LogP contribution in [0, 0.1) is 0 Å². The molecule has 0 radical (unpaired) electrons. The number of hydrogen-bond acceptors (Lipinski definition) is 7. The lowest BCUT2D eigenvalue weighted by Gasteiger charge is -2.21. The van der Waals surface area contributed by atoms with Crippen LogP contribution >= 0.6 is 0 Å². The third-order valence-electron chi connectivity index (χ3n) is 4.50. The predicted molar refractivity (Wildman–Crippen MR) is 83.2 cm³/mol. The molecule has 2 N–H and O–H groups in total. The fourth-order valence-corrected chi connectivity index (χ4v) is 3.33. The number of nitrogens with one attached hydrogen (secondary N) is 2. The van der Waals surface area contributed by atoms with E-state index in [1.807, 2.05) is 0 Å². The Morgan fingerprint density at radius 2 is 2.04 bits per heavy atom. The molecule has 8 nitrogen and oxygen atoms in total. The molecule has 2 aliphatic heterocycles. The summed E-state index contributed by atoms with van der Waals surface area (Å²) in [5.41, 5.74) is 0.591. The summed E-state index contributed by atoms with van der Waals surface area (Å²) in [5.74, 6) is 0.430. The Bertz CT molecular complexity index is 730. The lowest BCUT2D eigenvalue weighted by molar-refractivity contribution is 0.0931. The number of amides is 1. The lowest BCUT2D eigenvalue weighted by Crippen LogP contribution is -2.42. The lowest BCUT2D eigenvalue weighted by atomic mass is 9.95. The second kappa shape index (κ2) is 6.12. The van der Waals surface area contributed by atoms with Gasteiger partial charge in [-0.2, -0.15) is 0 Å². The molecule has 24 heavy (non-hydrogen) atoms. The molecule has 2 saturated heterocycles. The number of fused-ring (bicyclic) bond motifs is 2. The normalized spacial score (nSPS) is 24.8. The molecule has 126 valence electrons. The van der Waals surface area contributed by atoms with E-state index in [-0.39, 0.29) is 24.1 Å². The summed E-state index contributed by atoms with van der Waals surface area (Å²) in [6.07, 6.45) is 3.37. The van der Waals surface area contributed by atoms with Gasteiger partial charge in [-0.05, 0) is 43.5 Å². The van der Waals surface area contributed by atoms with Gasteiger partial charge in [0.1, 0.15) is 5.75 Å². The van der Waals surface area contributed by atoms with Crippen LogP contribution in [-0.2, 0) is 0 Å². The van der Waals surface area contributed by atoms with Gasteiger partial charge in [-0.1, -0.05) is 10.2 Å². The molecule has 2 aliphatic rings. The Morgan fingerprint density at radius 1 is 1.25 bits per heavy atom. The standard InChI is InChI=1S/C16H18N4O4/c1-22-15-19-20-16(24-15)23-11-5-2-9(3-6-11)14(21)18-13-8-10-4-7-12(13)17-10/h2-3,5-6,10,12-13,17H,4,7-8H2,1H3,(H,18,21)/t10-,12+,13-/m1/s1. The molecule has 3 atom stereocenters. The first-order valence-corrected chi connectivity index (χ1v) is 7.93. The summed E-state index contributed by atoms with van der Waals surface area (Å²) < 4.78 is 15.3. The Kier molecular flexibility index (Phi) is 3.81. The van der Waals surface area contributed by atoms with Crippen LogP contribution in [0.4, 0.5) is 0 Å². The fourth-order valence-electron chi connectivity index (χ4n) is 3.33. The van der Waals surface area contributed by atoms with Gasteiger partial charge in [-0.3, -0.25) is 4.79 Å². The average molecular weight is 330 g/mol. The molecule has 1 aromatic heterocycles. The van der Waals surface area contributed by atoms with E-state index < -0.39 is 0 Å². The fraction of sp³-hybridized carbons (Fsp3) is 0.438. The largest absolute Gasteiger partial charge is 0.452 e. The summed E-state index contributed by atoms with van der Waals surface area (Å²) in [4.78, 5) is 12.4. The molecule has 8 heteroatoms. The highest BCUT2D eigenvalue weighted by Crippen LogP contribution is 2.28. The van der Waals surface area contributed by atoms with E-state index in [9.17, 15) is 4.79 Å². The number of aromatic nitrogens is 2. The zero-order chi connectivity index (χ0) is 16.5. The summed E-state index contributed by atoms with van der Waals surface area (Å²) in [6.45, 7) is 0. The van der Waals surface area contributed by atoms with E-state index >= 15 is 0 Å². The molecule has 1 aromatic carbocycles. The van der Waals surface area contributed by atoms with Gasteiger partial charge in [0.05, 0.1) is 7.11 Å². The molecular formula is C16H18N4O4. The highest BCUT2D eigenvalue weighted by atomic mass is 16.7. The number of carbonyl (C=O) groups excluding carboxylic acids is 1. The number of benzene rings is 1. The van der Waals surface area contributed by atoms with Gasteiger partial charge in [0.25, 0.3) is 5.91 Å². The minimum atomic E-state index is -0.0691. The van der Waals surface area contributed by atoms with E-state index in [4.69, 9.17) is 13.9 Å². The zero-order valence-corrected chi connectivity index (χ0v) is 13.2. The Labute approximate surface area is 138 Å². The van der Waals surface area contributed by atoms with Crippen molar-refractivity contribution in [1.82, 2.24) is 20.8 Å². The van der Waals surface area contributed by atoms with Gasteiger partial charge < -0.3 is 24.5 Å².